The maximum Gasteiger partial charge on any atom is 0.211 e. The second-order valence-electron chi connectivity index (χ2n) is 6.51. The third-order valence-electron chi connectivity index (χ3n) is 4.61. The summed E-state index contributed by atoms with van der Waals surface area (Å²) in [7, 11) is -3.07. The number of rotatable bonds is 4. The lowest BCUT2D eigenvalue weighted by molar-refractivity contribution is 0.273. The van der Waals surface area contributed by atoms with Crippen LogP contribution in [-0.2, 0) is 16.4 Å². The number of nitrogens with one attached hydrogen (secondary N) is 1. The van der Waals surface area contributed by atoms with Crippen molar-refractivity contribution in [3.05, 3.63) is 29.5 Å². The molecule has 0 bridgehead atoms. The Morgan fingerprint density at radius 1 is 1.25 bits per heavy atom. The van der Waals surface area contributed by atoms with Crippen molar-refractivity contribution in [2.24, 2.45) is 5.92 Å². The highest BCUT2D eigenvalue weighted by molar-refractivity contribution is 7.88. The highest BCUT2D eigenvalue weighted by Crippen LogP contribution is 2.25. The van der Waals surface area contributed by atoms with Gasteiger partial charge in [0, 0.05) is 30.5 Å². The second kappa shape index (κ2) is 6.60. The van der Waals surface area contributed by atoms with Crippen LogP contribution in [-0.4, -0.2) is 52.2 Å². The Balaban J connectivity index is 1.70. The summed E-state index contributed by atoms with van der Waals surface area (Å²) < 4.78 is 24.7. The zero-order valence-corrected chi connectivity index (χ0v) is 15.1. The lowest BCUT2D eigenvalue weighted by atomic mass is 9.93. The van der Waals surface area contributed by atoms with E-state index >= 15 is 0 Å². The highest BCUT2D eigenvalue weighted by Gasteiger charge is 2.25. The normalized spacial score (nSPS) is 17.3. The first-order valence-corrected chi connectivity index (χ1v) is 9.97. The molecule has 0 unspecified atom stereocenters. The summed E-state index contributed by atoms with van der Waals surface area (Å²) in [6.45, 7) is 5.12. The van der Waals surface area contributed by atoms with Gasteiger partial charge in [0.15, 0.2) is 0 Å². The maximum absolute atomic E-state index is 11.6. The number of aromatic nitrogens is 4. The molecule has 0 aromatic carbocycles. The number of aryl methyl sites for hydroxylation is 2. The van der Waals surface area contributed by atoms with E-state index in [2.05, 4.69) is 15.2 Å². The van der Waals surface area contributed by atoms with Crippen molar-refractivity contribution in [1.29, 1.82) is 0 Å². The van der Waals surface area contributed by atoms with E-state index in [0.29, 0.717) is 19.0 Å². The molecule has 0 aliphatic carbocycles. The Morgan fingerprint density at radius 2 is 1.96 bits per heavy atom. The van der Waals surface area contributed by atoms with Crippen LogP contribution < -0.4 is 0 Å². The molecule has 0 amide bonds. The molecule has 1 N–H and O–H groups in total. The molecule has 7 nitrogen and oxygen atoms in total. The molecule has 0 atom stereocenters. The molecule has 1 saturated heterocycles. The highest BCUT2D eigenvalue weighted by atomic mass is 32.2. The van der Waals surface area contributed by atoms with Crippen molar-refractivity contribution in [3.63, 3.8) is 0 Å². The molecular weight excluding hydrogens is 326 g/mol. The fraction of sp³-hybridized carbons (Fsp3) is 0.562. The molecule has 2 aromatic heterocycles. The van der Waals surface area contributed by atoms with Gasteiger partial charge in [-0.1, -0.05) is 0 Å². The third kappa shape index (κ3) is 3.64. The lowest BCUT2D eigenvalue weighted by Gasteiger charge is -2.30. The van der Waals surface area contributed by atoms with E-state index in [9.17, 15) is 8.42 Å². The van der Waals surface area contributed by atoms with E-state index in [-0.39, 0.29) is 0 Å². The zero-order valence-electron chi connectivity index (χ0n) is 14.3. The van der Waals surface area contributed by atoms with Gasteiger partial charge in [0.1, 0.15) is 0 Å². The Bertz CT molecular complexity index is 803. The van der Waals surface area contributed by atoms with Gasteiger partial charge in [-0.05, 0) is 39.0 Å². The van der Waals surface area contributed by atoms with Crippen LogP contribution in [0.3, 0.4) is 0 Å². The van der Waals surface area contributed by atoms with Crippen LogP contribution in [0.15, 0.2) is 12.4 Å². The Hall–Kier alpha value is -1.80. The first kappa shape index (κ1) is 17.0. The van der Waals surface area contributed by atoms with Crippen LogP contribution >= 0.6 is 0 Å². The first-order chi connectivity index (χ1) is 11.3. The summed E-state index contributed by atoms with van der Waals surface area (Å²) in [5, 5.41) is 7.19. The number of piperidine rings is 1. The lowest BCUT2D eigenvalue weighted by Crippen LogP contribution is -2.38. The molecule has 0 saturated carbocycles. The van der Waals surface area contributed by atoms with Crippen LogP contribution in [0, 0.1) is 19.8 Å². The first-order valence-electron chi connectivity index (χ1n) is 8.12. The molecular formula is C16H23N5O2S. The van der Waals surface area contributed by atoms with Crippen molar-refractivity contribution in [2.75, 3.05) is 19.3 Å². The van der Waals surface area contributed by atoms with E-state index in [1.165, 1.54) is 6.26 Å². The van der Waals surface area contributed by atoms with Crippen LogP contribution in [0.2, 0.25) is 0 Å². The predicted molar refractivity (Wildman–Crippen MR) is 91.9 cm³/mol. The molecule has 0 spiro atoms. The summed E-state index contributed by atoms with van der Waals surface area (Å²) in [6, 6.07) is 0. The minimum Gasteiger partial charge on any atom is -0.282 e. The minimum atomic E-state index is -3.07. The standard InChI is InChI=1S/C16H23N5O2S/c1-11-16(12(2)20-19-11)15-10-17-9-14(18-15)8-13-4-6-21(7-5-13)24(3,22)23/h9-10,13H,4-8H2,1-3H3,(H,19,20). The summed E-state index contributed by atoms with van der Waals surface area (Å²) >= 11 is 0. The second-order valence-corrected chi connectivity index (χ2v) is 8.50. The molecule has 8 heteroatoms. The molecule has 1 aliphatic heterocycles. The smallest absolute Gasteiger partial charge is 0.211 e. The Kier molecular flexibility index (Phi) is 4.69. The van der Waals surface area contributed by atoms with Gasteiger partial charge in [-0.25, -0.2) is 17.7 Å². The Labute approximate surface area is 142 Å². The molecule has 24 heavy (non-hydrogen) atoms. The predicted octanol–water partition coefficient (Wildman–Crippen LogP) is 1.70. The number of nitrogens with zero attached hydrogens (tertiary/aromatic N) is 4. The van der Waals surface area contributed by atoms with Gasteiger partial charge >= 0.3 is 0 Å². The summed E-state index contributed by atoms with van der Waals surface area (Å²) in [6.07, 6.45) is 7.40. The fourth-order valence-corrected chi connectivity index (χ4v) is 4.17. The molecule has 1 fully saturated rings. The molecule has 0 radical (unpaired) electrons. The van der Waals surface area contributed by atoms with Gasteiger partial charge in [0.05, 0.1) is 29.5 Å². The number of H-pyrrole nitrogens is 1. The van der Waals surface area contributed by atoms with Crippen molar-refractivity contribution in [2.45, 2.75) is 33.1 Å². The van der Waals surface area contributed by atoms with Crippen LogP contribution in [0.1, 0.15) is 29.9 Å². The third-order valence-corrected chi connectivity index (χ3v) is 5.91. The zero-order chi connectivity index (χ0) is 17.3. The fourth-order valence-electron chi connectivity index (χ4n) is 3.29. The molecule has 3 heterocycles. The average Bonchev–Trinajstić information content (AvgIpc) is 2.86. The van der Waals surface area contributed by atoms with E-state index < -0.39 is 10.0 Å². The van der Waals surface area contributed by atoms with Crippen molar-refractivity contribution < 1.29 is 8.42 Å². The van der Waals surface area contributed by atoms with Gasteiger partial charge < -0.3 is 0 Å². The number of sulfonamides is 1. The quantitative estimate of drug-likeness (QED) is 0.907. The van der Waals surface area contributed by atoms with Gasteiger partial charge in [-0.15, -0.1) is 0 Å². The Morgan fingerprint density at radius 3 is 2.54 bits per heavy atom. The van der Waals surface area contributed by atoms with Gasteiger partial charge in [0.2, 0.25) is 10.0 Å². The van der Waals surface area contributed by atoms with Crippen molar-refractivity contribution in [3.8, 4) is 11.3 Å². The largest absolute Gasteiger partial charge is 0.282 e. The molecule has 130 valence electrons. The summed E-state index contributed by atoms with van der Waals surface area (Å²) in [5.74, 6) is 0.444. The minimum absolute atomic E-state index is 0.444. The number of aromatic amines is 1. The van der Waals surface area contributed by atoms with Crippen molar-refractivity contribution >= 4 is 10.0 Å². The molecule has 3 rings (SSSR count). The van der Waals surface area contributed by atoms with Crippen LogP contribution in [0.25, 0.3) is 11.3 Å². The van der Waals surface area contributed by atoms with Gasteiger partial charge in [-0.3, -0.25) is 10.1 Å². The summed E-state index contributed by atoms with van der Waals surface area (Å²) in [5.41, 5.74) is 4.70. The number of hydrogen-bond donors (Lipinski definition) is 1. The average molecular weight is 349 g/mol. The monoisotopic (exact) mass is 349 g/mol. The molecule has 1 aliphatic rings. The van der Waals surface area contributed by atoms with E-state index in [0.717, 1.165) is 47.6 Å². The molecule has 2 aromatic rings. The maximum atomic E-state index is 11.6. The topological polar surface area (TPSA) is 91.8 Å². The van der Waals surface area contributed by atoms with E-state index in [1.807, 2.05) is 13.8 Å². The van der Waals surface area contributed by atoms with E-state index in [1.54, 1.807) is 16.7 Å². The van der Waals surface area contributed by atoms with Gasteiger partial charge in [0.25, 0.3) is 0 Å². The number of hydrogen-bond acceptors (Lipinski definition) is 5. The summed E-state index contributed by atoms with van der Waals surface area (Å²) in [4.78, 5) is 9.08. The van der Waals surface area contributed by atoms with Crippen LogP contribution in [0.5, 0.6) is 0 Å². The van der Waals surface area contributed by atoms with E-state index in [4.69, 9.17) is 4.98 Å². The SMILES string of the molecule is Cc1n[nH]c(C)c1-c1cncc(CC2CCN(S(C)(=O)=O)CC2)n1. The van der Waals surface area contributed by atoms with Crippen LogP contribution in [0.4, 0.5) is 0 Å². The van der Waals surface area contributed by atoms with Crippen molar-refractivity contribution in [1.82, 2.24) is 24.5 Å². The van der Waals surface area contributed by atoms with Gasteiger partial charge in [-0.2, -0.15) is 5.10 Å².